The van der Waals surface area contributed by atoms with Gasteiger partial charge >= 0.3 is 0 Å². The minimum atomic E-state index is 0.399. The first-order valence-corrected chi connectivity index (χ1v) is 7.87. The monoisotopic (exact) mass is 292 g/mol. The van der Waals surface area contributed by atoms with Crippen LogP contribution in [0.3, 0.4) is 0 Å². The molecule has 0 aromatic heterocycles. The van der Waals surface area contributed by atoms with Crippen molar-refractivity contribution in [1.82, 2.24) is 10.2 Å². The molecule has 21 heavy (non-hydrogen) atoms. The molecule has 1 atom stereocenters. The van der Waals surface area contributed by atoms with E-state index in [0.29, 0.717) is 12.1 Å². The Morgan fingerprint density at radius 1 is 1.38 bits per heavy atom. The number of hydrogen-bond donors (Lipinski definition) is 1. The summed E-state index contributed by atoms with van der Waals surface area (Å²) < 4.78 is 11.3. The van der Waals surface area contributed by atoms with Crippen molar-refractivity contribution < 1.29 is 9.47 Å². The van der Waals surface area contributed by atoms with Gasteiger partial charge in [0.25, 0.3) is 0 Å². The van der Waals surface area contributed by atoms with Crippen molar-refractivity contribution in [3.63, 3.8) is 0 Å². The lowest BCUT2D eigenvalue weighted by Crippen LogP contribution is -2.27. The minimum Gasteiger partial charge on any atom is -0.492 e. The summed E-state index contributed by atoms with van der Waals surface area (Å²) in [4.78, 5) is 2.40. The predicted molar refractivity (Wildman–Crippen MR) is 85.8 cm³/mol. The summed E-state index contributed by atoms with van der Waals surface area (Å²) in [5.41, 5.74) is 1.27. The van der Waals surface area contributed by atoms with Gasteiger partial charge in [-0.1, -0.05) is 26.0 Å². The van der Waals surface area contributed by atoms with Crippen LogP contribution in [0.1, 0.15) is 25.8 Å². The molecule has 1 aromatic rings. The largest absolute Gasteiger partial charge is 0.492 e. The highest BCUT2D eigenvalue weighted by atomic mass is 16.5. The number of ether oxygens (including phenoxy) is 2. The van der Waals surface area contributed by atoms with Gasteiger partial charge in [0.15, 0.2) is 0 Å². The van der Waals surface area contributed by atoms with Gasteiger partial charge in [0.1, 0.15) is 12.4 Å². The molecule has 0 spiro atoms. The molecule has 1 aromatic carbocycles. The fraction of sp³-hybridized carbons (Fsp3) is 0.647. The van der Waals surface area contributed by atoms with Crippen molar-refractivity contribution >= 4 is 0 Å². The third-order valence-corrected chi connectivity index (χ3v) is 3.85. The van der Waals surface area contributed by atoms with E-state index in [1.54, 1.807) is 7.11 Å². The minimum absolute atomic E-state index is 0.399. The molecule has 1 aliphatic rings. The highest BCUT2D eigenvalue weighted by Crippen LogP contribution is 2.15. The second kappa shape index (κ2) is 8.37. The lowest BCUT2D eigenvalue weighted by molar-refractivity contribution is 0.106. The maximum atomic E-state index is 5.87. The van der Waals surface area contributed by atoms with Gasteiger partial charge < -0.3 is 14.8 Å². The highest BCUT2D eigenvalue weighted by molar-refractivity contribution is 5.28. The summed E-state index contributed by atoms with van der Waals surface area (Å²) in [6.07, 6.45) is 1.53. The number of nitrogens with zero attached hydrogens (tertiary/aromatic N) is 1. The van der Waals surface area contributed by atoms with Crippen LogP contribution < -0.4 is 10.1 Å². The van der Waals surface area contributed by atoms with Crippen LogP contribution in [0.25, 0.3) is 0 Å². The molecule has 0 saturated carbocycles. The van der Waals surface area contributed by atoms with Gasteiger partial charge in [0.2, 0.25) is 0 Å². The molecule has 4 nitrogen and oxygen atoms in total. The quantitative estimate of drug-likeness (QED) is 0.797. The fourth-order valence-electron chi connectivity index (χ4n) is 2.55. The van der Waals surface area contributed by atoms with Gasteiger partial charge in [-0.3, -0.25) is 4.90 Å². The maximum Gasteiger partial charge on any atom is 0.119 e. The summed E-state index contributed by atoms with van der Waals surface area (Å²) in [5, 5.41) is 3.42. The third-order valence-electron chi connectivity index (χ3n) is 3.85. The average molecular weight is 292 g/mol. The van der Waals surface area contributed by atoms with Crippen LogP contribution >= 0.6 is 0 Å². The Bertz CT molecular complexity index is 423. The van der Waals surface area contributed by atoms with Gasteiger partial charge in [-0.05, 0) is 24.1 Å². The van der Waals surface area contributed by atoms with E-state index in [0.717, 1.165) is 45.0 Å². The number of nitrogens with one attached hydrogen (secondary N) is 1. The molecule has 118 valence electrons. The summed E-state index contributed by atoms with van der Waals surface area (Å²) in [6.45, 7) is 9.04. The first kappa shape index (κ1) is 16.3. The van der Waals surface area contributed by atoms with Crippen LogP contribution in [0.2, 0.25) is 0 Å². The Morgan fingerprint density at radius 3 is 2.95 bits per heavy atom. The SMILES string of the molecule is COC1CCN(CCOc2cccc(CNC(C)C)c2)C1. The Kier molecular flexibility index (Phi) is 6.49. The smallest absolute Gasteiger partial charge is 0.119 e. The van der Waals surface area contributed by atoms with Crippen molar-refractivity contribution in [1.29, 1.82) is 0 Å². The molecule has 1 saturated heterocycles. The number of likely N-dealkylation sites (tertiary alicyclic amines) is 1. The summed E-state index contributed by atoms with van der Waals surface area (Å²) >= 11 is 0. The first-order chi connectivity index (χ1) is 10.2. The Morgan fingerprint density at radius 2 is 2.24 bits per heavy atom. The van der Waals surface area contributed by atoms with E-state index in [1.165, 1.54) is 5.56 Å². The Hall–Kier alpha value is -1.10. The van der Waals surface area contributed by atoms with Crippen LogP contribution in [0.15, 0.2) is 24.3 Å². The average Bonchev–Trinajstić information content (AvgIpc) is 2.94. The van der Waals surface area contributed by atoms with Crippen molar-refractivity contribution in [2.45, 2.75) is 39.0 Å². The van der Waals surface area contributed by atoms with E-state index in [1.807, 2.05) is 6.07 Å². The molecule has 0 aliphatic carbocycles. The number of benzene rings is 1. The van der Waals surface area contributed by atoms with Gasteiger partial charge in [-0.15, -0.1) is 0 Å². The van der Waals surface area contributed by atoms with Gasteiger partial charge in [-0.25, -0.2) is 0 Å². The zero-order valence-corrected chi connectivity index (χ0v) is 13.5. The molecule has 1 aliphatic heterocycles. The van der Waals surface area contributed by atoms with Crippen LogP contribution in [-0.4, -0.2) is 50.4 Å². The first-order valence-electron chi connectivity index (χ1n) is 7.87. The molecule has 1 heterocycles. The Labute approximate surface area is 128 Å². The molecule has 1 unspecified atom stereocenters. The van der Waals surface area contributed by atoms with Crippen molar-refractivity contribution in [2.75, 3.05) is 33.4 Å². The van der Waals surface area contributed by atoms with E-state index in [2.05, 4.69) is 42.3 Å². The van der Waals surface area contributed by atoms with Gasteiger partial charge in [0.05, 0.1) is 6.10 Å². The predicted octanol–water partition coefficient (Wildman–Crippen LogP) is 2.28. The van der Waals surface area contributed by atoms with E-state index in [9.17, 15) is 0 Å². The Balaban J connectivity index is 1.72. The molecular formula is C17H28N2O2. The number of methoxy groups -OCH3 is 1. The standard InChI is InChI=1S/C17H28N2O2/c1-14(2)18-12-15-5-4-6-16(11-15)21-10-9-19-8-7-17(13-19)20-3/h4-6,11,14,17-18H,7-10,12-13H2,1-3H3. The van der Waals surface area contributed by atoms with Crippen LogP contribution in [0.5, 0.6) is 5.75 Å². The maximum absolute atomic E-state index is 5.87. The summed E-state index contributed by atoms with van der Waals surface area (Å²) in [6, 6.07) is 8.84. The molecule has 0 amide bonds. The lowest BCUT2D eigenvalue weighted by Gasteiger charge is -2.16. The van der Waals surface area contributed by atoms with E-state index < -0.39 is 0 Å². The van der Waals surface area contributed by atoms with Crippen molar-refractivity contribution in [3.8, 4) is 5.75 Å². The van der Waals surface area contributed by atoms with E-state index in [4.69, 9.17) is 9.47 Å². The summed E-state index contributed by atoms with van der Waals surface area (Å²) in [5.74, 6) is 0.959. The van der Waals surface area contributed by atoms with Gasteiger partial charge in [-0.2, -0.15) is 0 Å². The second-order valence-electron chi connectivity index (χ2n) is 5.98. The van der Waals surface area contributed by atoms with Crippen molar-refractivity contribution in [2.24, 2.45) is 0 Å². The van der Waals surface area contributed by atoms with Crippen LogP contribution in [0, 0.1) is 0 Å². The molecule has 0 radical (unpaired) electrons. The highest BCUT2D eigenvalue weighted by Gasteiger charge is 2.21. The van der Waals surface area contributed by atoms with Crippen molar-refractivity contribution in [3.05, 3.63) is 29.8 Å². The molecule has 1 fully saturated rings. The molecule has 1 N–H and O–H groups in total. The fourth-order valence-corrected chi connectivity index (χ4v) is 2.55. The van der Waals surface area contributed by atoms with E-state index in [-0.39, 0.29) is 0 Å². The number of rotatable bonds is 8. The zero-order chi connectivity index (χ0) is 15.1. The lowest BCUT2D eigenvalue weighted by atomic mass is 10.2. The van der Waals surface area contributed by atoms with Crippen LogP contribution in [-0.2, 0) is 11.3 Å². The molecule has 0 bridgehead atoms. The molecule has 4 heteroatoms. The number of hydrogen-bond acceptors (Lipinski definition) is 4. The normalized spacial score (nSPS) is 19.3. The topological polar surface area (TPSA) is 33.7 Å². The third kappa shape index (κ3) is 5.65. The zero-order valence-electron chi connectivity index (χ0n) is 13.5. The van der Waals surface area contributed by atoms with Gasteiger partial charge in [0, 0.05) is 39.3 Å². The molecule has 2 rings (SSSR count). The van der Waals surface area contributed by atoms with E-state index >= 15 is 0 Å². The molecular weight excluding hydrogens is 264 g/mol. The van der Waals surface area contributed by atoms with Crippen LogP contribution in [0.4, 0.5) is 0 Å². The second-order valence-corrected chi connectivity index (χ2v) is 5.98. The summed E-state index contributed by atoms with van der Waals surface area (Å²) in [7, 11) is 1.79.